The minimum absolute atomic E-state index is 0.542. The molecule has 0 fully saturated rings. The Kier molecular flexibility index (Phi) is 4.51. The van der Waals surface area contributed by atoms with Crippen LogP contribution < -0.4 is 0 Å². The van der Waals surface area contributed by atoms with Crippen molar-refractivity contribution in [2.75, 3.05) is 0 Å². The first-order valence-corrected chi connectivity index (χ1v) is 7.88. The van der Waals surface area contributed by atoms with Gasteiger partial charge in [-0.2, -0.15) is 5.10 Å². The Morgan fingerprint density at radius 2 is 1.87 bits per heavy atom. The monoisotopic (exact) mass is 343 g/mol. The second kappa shape index (κ2) is 6.57. The van der Waals surface area contributed by atoms with Crippen molar-refractivity contribution in [2.24, 2.45) is 7.05 Å². The minimum atomic E-state index is 0.542. The van der Waals surface area contributed by atoms with E-state index in [1.54, 1.807) is 12.3 Å². The number of hydrogen-bond donors (Lipinski definition) is 0. The maximum atomic E-state index is 6.06. The lowest BCUT2D eigenvalue weighted by molar-refractivity contribution is 0.765. The van der Waals surface area contributed by atoms with Gasteiger partial charge in [0.15, 0.2) is 0 Å². The smallest absolute Gasteiger partial charge is 0.0929 e. The first-order valence-electron chi connectivity index (χ1n) is 7.12. The van der Waals surface area contributed by atoms with Crippen LogP contribution in [0, 0.1) is 6.92 Å². The van der Waals surface area contributed by atoms with E-state index in [0.717, 1.165) is 27.9 Å². The van der Waals surface area contributed by atoms with Gasteiger partial charge in [-0.3, -0.25) is 9.67 Å². The third-order valence-electron chi connectivity index (χ3n) is 3.55. The highest BCUT2D eigenvalue weighted by Crippen LogP contribution is 2.28. The fourth-order valence-corrected chi connectivity index (χ4v) is 2.71. The molecule has 0 aliphatic carbocycles. The van der Waals surface area contributed by atoms with Crippen molar-refractivity contribution in [2.45, 2.75) is 6.92 Å². The second-order valence-electron chi connectivity index (χ2n) is 5.30. The second-order valence-corrected chi connectivity index (χ2v) is 6.11. The van der Waals surface area contributed by atoms with Gasteiger partial charge >= 0.3 is 0 Å². The molecular formula is C18H15Cl2N3. The Morgan fingerprint density at radius 1 is 1.04 bits per heavy atom. The molecule has 0 radical (unpaired) electrons. The van der Waals surface area contributed by atoms with E-state index in [2.05, 4.69) is 10.1 Å². The molecular weight excluding hydrogens is 329 g/mol. The summed E-state index contributed by atoms with van der Waals surface area (Å²) in [5.41, 5.74) is 5.19. The molecule has 0 saturated heterocycles. The number of nitrogens with zero attached hydrogens (tertiary/aromatic N) is 3. The molecule has 23 heavy (non-hydrogen) atoms. The summed E-state index contributed by atoms with van der Waals surface area (Å²) in [4.78, 5) is 4.15. The number of hydrogen-bond acceptors (Lipinski definition) is 2. The lowest BCUT2D eigenvalue weighted by Gasteiger charge is -2.03. The summed E-state index contributed by atoms with van der Waals surface area (Å²) in [6, 6.07) is 7.55. The Bertz CT molecular complexity index is 882. The van der Waals surface area contributed by atoms with Gasteiger partial charge in [-0.05, 0) is 47.9 Å². The number of aromatic nitrogens is 3. The van der Waals surface area contributed by atoms with Gasteiger partial charge in [0.05, 0.1) is 15.7 Å². The van der Waals surface area contributed by atoms with Crippen molar-refractivity contribution in [3.63, 3.8) is 0 Å². The van der Waals surface area contributed by atoms with Gasteiger partial charge in [-0.1, -0.05) is 35.3 Å². The fraction of sp³-hybridized carbons (Fsp3) is 0.111. The molecule has 0 N–H and O–H groups in total. The Morgan fingerprint density at radius 3 is 2.61 bits per heavy atom. The van der Waals surface area contributed by atoms with Crippen molar-refractivity contribution in [1.29, 1.82) is 0 Å². The van der Waals surface area contributed by atoms with Crippen molar-refractivity contribution >= 4 is 35.4 Å². The molecule has 2 aromatic heterocycles. The van der Waals surface area contributed by atoms with Crippen LogP contribution in [0.15, 0.2) is 42.9 Å². The number of benzene rings is 1. The predicted octanol–water partition coefficient (Wildman–Crippen LogP) is 5.27. The molecule has 3 aromatic rings. The zero-order valence-electron chi connectivity index (χ0n) is 12.8. The normalized spacial score (nSPS) is 11.3. The summed E-state index contributed by atoms with van der Waals surface area (Å²) in [5.74, 6) is 0. The number of aryl methyl sites for hydroxylation is 2. The van der Waals surface area contributed by atoms with E-state index >= 15 is 0 Å². The standard InChI is InChI=1S/C18H15Cl2N3/c1-12-10-21-8-7-14(12)15-11-23(2)22-18(15)6-4-13-3-5-16(19)17(20)9-13/h3-11H,1-2H3/b6-4+. The van der Waals surface area contributed by atoms with Crippen molar-refractivity contribution in [3.8, 4) is 11.1 Å². The zero-order chi connectivity index (χ0) is 16.4. The van der Waals surface area contributed by atoms with Gasteiger partial charge in [-0.25, -0.2) is 0 Å². The van der Waals surface area contributed by atoms with E-state index in [4.69, 9.17) is 23.2 Å². The van der Waals surface area contributed by atoms with Gasteiger partial charge in [0.25, 0.3) is 0 Å². The van der Waals surface area contributed by atoms with Crippen LogP contribution in [0.3, 0.4) is 0 Å². The summed E-state index contributed by atoms with van der Waals surface area (Å²) >= 11 is 12.0. The first-order chi connectivity index (χ1) is 11.0. The maximum absolute atomic E-state index is 6.06. The molecule has 3 rings (SSSR count). The topological polar surface area (TPSA) is 30.7 Å². The van der Waals surface area contributed by atoms with E-state index in [0.29, 0.717) is 10.0 Å². The Labute approximate surface area is 145 Å². The van der Waals surface area contributed by atoms with E-state index < -0.39 is 0 Å². The van der Waals surface area contributed by atoms with Crippen LogP contribution in [0.4, 0.5) is 0 Å². The molecule has 5 heteroatoms. The zero-order valence-corrected chi connectivity index (χ0v) is 14.3. The summed E-state index contributed by atoms with van der Waals surface area (Å²) in [6.45, 7) is 2.04. The van der Waals surface area contributed by atoms with Crippen LogP contribution in [0.1, 0.15) is 16.8 Å². The SMILES string of the molecule is Cc1cnccc1-c1cn(C)nc1/C=C/c1ccc(Cl)c(Cl)c1. The molecule has 0 spiro atoms. The number of halogens is 2. The number of rotatable bonds is 3. The van der Waals surface area contributed by atoms with Crippen LogP contribution in [0.2, 0.25) is 10.0 Å². The third-order valence-corrected chi connectivity index (χ3v) is 4.28. The lowest BCUT2D eigenvalue weighted by Crippen LogP contribution is -1.86. The molecule has 2 heterocycles. The largest absolute Gasteiger partial charge is 0.275 e. The van der Waals surface area contributed by atoms with Gasteiger partial charge in [0.2, 0.25) is 0 Å². The summed E-state index contributed by atoms with van der Waals surface area (Å²) < 4.78 is 1.81. The van der Waals surface area contributed by atoms with Crippen molar-refractivity contribution in [1.82, 2.24) is 14.8 Å². The van der Waals surface area contributed by atoms with E-state index in [1.165, 1.54) is 0 Å². The van der Waals surface area contributed by atoms with E-state index in [1.807, 2.05) is 61.4 Å². The van der Waals surface area contributed by atoms with Gasteiger partial charge in [-0.15, -0.1) is 0 Å². The molecule has 3 nitrogen and oxygen atoms in total. The number of pyridine rings is 1. The van der Waals surface area contributed by atoms with Crippen LogP contribution in [0.25, 0.3) is 23.3 Å². The van der Waals surface area contributed by atoms with Gasteiger partial charge in [0.1, 0.15) is 0 Å². The molecule has 0 aliphatic rings. The fourth-order valence-electron chi connectivity index (χ4n) is 2.40. The van der Waals surface area contributed by atoms with Crippen LogP contribution in [0.5, 0.6) is 0 Å². The highest BCUT2D eigenvalue weighted by Gasteiger charge is 2.10. The average Bonchev–Trinajstić information content (AvgIpc) is 2.90. The molecule has 0 unspecified atom stereocenters. The quantitative estimate of drug-likeness (QED) is 0.648. The van der Waals surface area contributed by atoms with Crippen LogP contribution in [-0.4, -0.2) is 14.8 Å². The summed E-state index contributed by atoms with van der Waals surface area (Å²) in [5, 5.41) is 5.63. The average molecular weight is 344 g/mol. The van der Waals surface area contributed by atoms with Crippen LogP contribution in [-0.2, 0) is 7.05 Å². The molecule has 0 atom stereocenters. The van der Waals surface area contributed by atoms with E-state index in [-0.39, 0.29) is 0 Å². The molecule has 0 saturated carbocycles. The summed E-state index contributed by atoms with van der Waals surface area (Å²) in [6.07, 6.45) is 9.62. The first kappa shape index (κ1) is 15.8. The van der Waals surface area contributed by atoms with Gasteiger partial charge < -0.3 is 0 Å². The maximum Gasteiger partial charge on any atom is 0.0929 e. The molecule has 0 bridgehead atoms. The molecule has 1 aromatic carbocycles. The molecule has 116 valence electrons. The Balaban J connectivity index is 1.99. The molecule has 0 aliphatic heterocycles. The van der Waals surface area contributed by atoms with Crippen molar-refractivity contribution in [3.05, 3.63) is 69.7 Å². The van der Waals surface area contributed by atoms with Crippen LogP contribution >= 0.6 is 23.2 Å². The Hall–Kier alpha value is -2.10. The highest BCUT2D eigenvalue weighted by molar-refractivity contribution is 6.42. The van der Waals surface area contributed by atoms with Gasteiger partial charge in [0, 0.05) is 31.2 Å². The minimum Gasteiger partial charge on any atom is -0.275 e. The highest BCUT2D eigenvalue weighted by atomic mass is 35.5. The predicted molar refractivity (Wildman–Crippen MR) is 96.6 cm³/mol. The summed E-state index contributed by atoms with van der Waals surface area (Å²) in [7, 11) is 1.91. The van der Waals surface area contributed by atoms with E-state index in [9.17, 15) is 0 Å². The molecule has 0 amide bonds. The lowest BCUT2D eigenvalue weighted by atomic mass is 10.0. The third kappa shape index (κ3) is 3.46. The van der Waals surface area contributed by atoms with Crippen molar-refractivity contribution < 1.29 is 0 Å².